The van der Waals surface area contributed by atoms with Gasteiger partial charge in [0.1, 0.15) is 12.1 Å². The Balaban J connectivity index is 1.40. The van der Waals surface area contributed by atoms with Crippen LogP contribution in [0.3, 0.4) is 0 Å². The molecule has 0 saturated carbocycles. The smallest absolute Gasteiger partial charge is 0.238 e. The SMILES string of the molecule is COc1cccc(-n2cnnc2SCC(=O)N2c3ccccc3SC[C@H]2c2ccccc2)c1. The first kappa shape index (κ1) is 21.6. The van der Waals surface area contributed by atoms with Crippen molar-refractivity contribution in [3.05, 3.63) is 90.8 Å². The Hall–Kier alpha value is -3.23. The van der Waals surface area contributed by atoms with E-state index in [0.29, 0.717) is 5.16 Å². The lowest BCUT2D eigenvalue weighted by Crippen LogP contribution is -2.39. The minimum Gasteiger partial charge on any atom is -0.497 e. The van der Waals surface area contributed by atoms with E-state index >= 15 is 0 Å². The van der Waals surface area contributed by atoms with Gasteiger partial charge in [-0.2, -0.15) is 0 Å². The molecule has 0 bridgehead atoms. The van der Waals surface area contributed by atoms with Crippen molar-refractivity contribution >= 4 is 35.1 Å². The van der Waals surface area contributed by atoms with Crippen LogP contribution in [-0.4, -0.2) is 39.3 Å². The molecule has 1 aromatic heterocycles. The third kappa shape index (κ3) is 4.49. The summed E-state index contributed by atoms with van der Waals surface area (Å²) in [5.74, 6) is 1.87. The average Bonchev–Trinajstić information content (AvgIpc) is 3.36. The number of hydrogen-bond acceptors (Lipinski definition) is 6. The Bertz CT molecular complexity index is 1260. The Morgan fingerprint density at radius 1 is 1.09 bits per heavy atom. The molecule has 1 atom stereocenters. The largest absolute Gasteiger partial charge is 0.497 e. The molecule has 8 heteroatoms. The van der Waals surface area contributed by atoms with E-state index in [9.17, 15) is 4.79 Å². The number of nitrogens with zero attached hydrogens (tertiary/aromatic N) is 4. The number of amides is 1. The highest BCUT2D eigenvalue weighted by molar-refractivity contribution is 8.00. The zero-order valence-electron chi connectivity index (χ0n) is 18.0. The van der Waals surface area contributed by atoms with Crippen LogP contribution in [0, 0.1) is 0 Å². The summed E-state index contributed by atoms with van der Waals surface area (Å²) in [6.07, 6.45) is 1.65. The van der Waals surface area contributed by atoms with Gasteiger partial charge in [0, 0.05) is 16.7 Å². The van der Waals surface area contributed by atoms with E-state index in [1.165, 1.54) is 11.8 Å². The molecule has 4 aromatic rings. The molecular formula is C25H22N4O2S2. The normalized spacial score (nSPS) is 15.2. The zero-order chi connectivity index (χ0) is 22.6. The van der Waals surface area contributed by atoms with E-state index in [1.54, 1.807) is 25.2 Å². The van der Waals surface area contributed by atoms with Crippen molar-refractivity contribution in [2.75, 3.05) is 23.5 Å². The van der Waals surface area contributed by atoms with Gasteiger partial charge in [0.05, 0.1) is 30.3 Å². The maximum Gasteiger partial charge on any atom is 0.238 e. The van der Waals surface area contributed by atoms with Gasteiger partial charge in [-0.25, -0.2) is 0 Å². The van der Waals surface area contributed by atoms with Gasteiger partial charge in [-0.1, -0.05) is 60.3 Å². The van der Waals surface area contributed by atoms with Gasteiger partial charge in [-0.05, 0) is 29.8 Å². The summed E-state index contributed by atoms with van der Waals surface area (Å²) in [7, 11) is 1.64. The predicted molar refractivity (Wildman–Crippen MR) is 132 cm³/mol. The van der Waals surface area contributed by atoms with Gasteiger partial charge in [-0.3, -0.25) is 9.36 Å². The number of para-hydroxylation sites is 1. The predicted octanol–water partition coefficient (Wildman–Crippen LogP) is 5.25. The monoisotopic (exact) mass is 474 g/mol. The minimum atomic E-state index is -0.0181. The number of hydrogen-bond donors (Lipinski definition) is 0. The van der Waals surface area contributed by atoms with Crippen LogP contribution in [0.5, 0.6) is 5.75 Å². The van der Waals surface area contributed by atoms with Crippen LogP contribution in [0.15, 0.2) is 95.2 Å². The number of benzene rings is 3. The average molecular weight is 475 g/mol. The van der Waals surface area contributed by atoms with Crippen molar-refractivity contribution in [3.63, 3.8) is 0 Å². The maximum absolute atomic E-state index is 13.6. The van der Waals surface area contributed by atoms with Crippen LogP contribution in [0.1, 0.15) is 11.6 Å². The molecule has 33 heavy (non-hydrogen) atoms. The van der Waals surface area contributed by atoms with E-state index in [0.717, 1.165) is 33.3 Å². The number of fused-ring (bicyclic) bond motifs is 1. The van der Waals surface area contributed by atoms with Crippen LogP contribution >= 0.6 is 23.5 Å². The van der Waals surface area contributed by atoms with Gasteiger partial charge >= 0.3 is 0 Å². The highest BCUT2D eigenvalue weighted by Crippen LogP contribution is 2.43. The highest BCUT2D eigenvalue weighted by atomic mass is 32.2. The fraction of sp³-hybridized carbons (Fsp3) is 0.160. The number of carbonyl (C=O) groups is 1. The summed E-state index contributed by atoms with van der Waals surface area (Å²) in [6, 6.07) is 26.0. The molecule has 3 aromatic carbocycles. The summed E-state index contributed by atoms with van der Waals surface area (Å²) < 4.78 is 7.20. The molecule has 0 unspecified atom stereocenters. The van der Waals surface area contributed by atoms with Gasteiger partial charge < -0.3 is 9.64 Å². The quantitative estimate of drug-likeness (QED) is 0.356. The van der Waals surface area contributed by atoms with Crippen molar-refractivity contribution < 1.29 is 9.53 Å². The Labute approximate surface area is 201 Å². The fourth-order valence-electron chi connectivity index (χ4n) is 3.87. The molecule has 2 heterocycles. The molecular weight excluding hydrogens is 452 g/mol. The summed E-state index contributed by atoms with van der Waals surface area (Å²) >= 11 is 3.18. The molecule has 0 N–H and O–H groups in total. The lowest BCUT2D eigenvalue weighted by atomic mass is 10.1. The van der Waals surface area contributed by atoms with Crippen molar-refractivity contribution in [1.29, 1.82) is 0 Å². The second kappa shape index (κ2) is 9.72. The van der Waals surface area contributed by atoms with Crippen LogP contribution in [0.25, 0.3) is 5.69 Å². The molecule has 1 amide bonds. The summed E-state index contributed by atoms with van der Waals surface area (Å²) in [4.78, 5) is 16.7. The maximum atomic E-state index is 13.6. The van der Waals surface area contributed by atoms with Crippen molar-refractivity contribution in [3.8, 4) is 11.4 Å². The first-order valence-electron chi connectivity index (χ1n) is 10.5. The number of rotatable bonds is 6. The fourth-order valence-corrected chi connectivity index (χ4v) is 5.83. The third-order valence-electron chi connectivity index (χ3n) is 5.46. The lowest BCUT2D eigenvalue weighted by molar-refractivity contribution is -0.116. The van der Waals surface area contributed by atoms with Gasteiger partial charge in [-0.15, -0.1) is 22.0 Å². The number of methoxy groups -OCH3 is 1. The van der Waals surface area contributed by atoms with Gasteiger partial charge in [0.2, 0.25) is 5.91 Å². The summed E-state index contributed by atoms with van der Waals surface area (Å²) in [5, 5.41) is 8.97. The zero-order valence-corrected chi connectivity index (χ0v) is 19.6. The Kier molecular flexibility index (Phi) is 6.37. The number of thioether (sulfide) groups is 2. The molecule has 1 aliphatic rings. The van der Waals surface area contributed by atoms with Crippen LogP contribution < -0.4 is 9.64 Å². The number of ether oxygens (including phenoxy) is 1. The second-order valence-corrected chi connectivity index (χ2v) is 9.45. The topological polar surface area (TPSA) is 60.2 Å². The van der Waals surface area contributed by atoms with E-state index in [2.05, 4.69) is 28.4 Å². The first-order chi connectivity index (χ1) is 16.2. The molecule has 0 saturated heterocycles. The van der Waals surface area contributed by atoms with E-state index < -0.39 is 0 Å². The molecule has 0 aliphatic carbocycles. The van der Waals surface area contributed by atoms with Crippen LogP contribution in [0.4, 0.5) is 5.69 Å². The number of anilines is 1. The molecule has 0 spiro atoms. The lowest BCUT2D eigenvalue weighted by Gasteiger charge is -2.37. The highest BCUT2D eigenvalue weighted by Gasteiger charge is 2.32. The Morgan fingerprint density at radius 3 is 2.76 bits per heavy atom. The van der Waals surface area contributed by atoms with Crippen LogP contribution in [-0.2, 0) is 4.79 Å². The second-order valence-electron chi connectivity index (χ2n) is 7.44. The molecule has 6 nitrogen and oxygen atoms in total. The van der Waals surface area contributed by atoms with Gasteiger partial charge in [0.25, 0.3) is 0 Å². The molecule has 0 radical (unpaired) electrons. The van der Waals surface area contributed by atoms with E-state index in [1.807, 2.05) is 70.1 Å². The first-order valence-corrected chi connectivity index (χ1v) is 12.5. The molecule has 166 valence electrons. The molecule has 5 rings (SSSR count). The summed E-state index contributed by atoms with van der Waals surface area (Å²) in [5.41, 5.74) is 2.98. The van der Waals surface area contributed by atoms with E-state index in [-0.39, 0.29) is 17.7 Å². The van der Waals surface area contributed by atoms with Crippen molar-refractivity contribution in [2.24, 2.45) is 0 Å². The Morgan fingerprint density at radius 2 is 1.91 bits per heavy atom. The van der Waals surface area contributed by atoms with Crippen molar-refractivity contribution in [1.82, 2.24) is 14.8 Å². The van der Waals surface area contributed by atoms with E-state index in [4.69, 9.17) is 4.74 Å². The van der Waals surface area contributed by atoms with Gasteiger partial charge in [0.15, 0.2) is 5.16 Å². The van der Waals surface area contributed by atoms with Crippen molar-refractivity contribution in [2.45, 2.75) is 16.1 Å². The summed E-state index contributed by atoms with van der Waals surface area (Å²) in [6.45, 7) is 0. The number of carbonyl (C=O) groups excluding carboxylic acids is 1. The molecule has 1 aliphatic heterocycles. The van der Waals surface area contributed by atoms with Crippen LogP contribution in [0.2, 0.25) is 0 Å². The third-order valence-corrected chi connectivity index (χ3v) is 7.53. The standard InChI is InChI=1S/C25H22N4O2S2/c1-31-20-11-7-10-19(14-20)28-17-26-27-25(28)33-16-24(30)29-21-12-5-6-13-23(21)32-15-22(29)18-8-3-2-4-9-18/h2-14,17,22H,15-16H2,1H3/t22-/m0/s1. The molecule has 0 fully saturated rings. The number of aromatic nitrogens is 3. The minimum absolute atomic E-state index is 0.0181.